The highest BCUT2D eigenvalue weighted by atomic mass is 16.6. The summed E-state index contributed by atoms with van der Waals surface area (Å²) in [5, 5.41) is 20.1. The monoisotopic (exact) mass is 528 g/mol. The van der Waals surface area contributed by atoms with Crippen LogP contribution in [0.3, 0.4) is 0 Å². The maximum Gasteiger partial charge on any atom is 0.306 e. The van der Waals surface area contributed by atoms with Gasteiger partial charge in [0.2, 0.25) is 0 Å². The second-order valence-electron chi connectivity index (χ2n) is 11.6. The smallest absolute Gasteiger partial charge is 0.306 e. The molecule has 0 aliphatic carbocycles. The standard InChI is InChI=1S/C30H56O7/c1-23(2)17-13-9-5-7-11-15-19-27(33)36-26(21-31)30-29(25(32)22-35-30)37-28(34)20-16-12-8-6-10-14-18-24(3)4/h23-26,29-32H,5-22H2,1-4H3/t25-,26+,29+,30+/m0/s1. The summed E-state index contributed by atoms with van der Waals surface area (Å²) < 4.78 is 16.5. The molecule has 0 aromatic carbocycles. The summed E-state index contributed by atoms with van der Waals surface area (Å²) in [6, 6.07) is 0. The number of aliphatic hydroxyl groups excluding tert-OH is 2. The van der Waals surface area contributed by atoms with E-state index in [4.69, 9.17) is 14.2 Å². The summed E-state index contributed by atoms with van der Waals surface area (Å²) in [4.78, 5) is 24.7. The highest BCUT2D eigenvalue weighted by molar-refractivity contribution is 5.70. The molecule has 0 saturated carbocycles. The van der Waals surface area contributed by atoms with Crippen LogP contribution >= 0.6 is 0 Å². The summed E-state index contributed by atoms with van der Waals surface area (Å²) in [7, 11) is 0. The number of esters is 2. The lowest BCUT2D eigenvalue weighted by atomic mass is 10.0. The number of hydrogen-bond acceptors (Lipinski definition) is 7. The minimum Gasteiger partial charge on any atom is -0.457 e. The van der Waals surface area contributed by atoms with Gasteiger partial charge in [-0.2, -0.15) is 0 Å². The lowest BCUT2D eigenvalue weighted by Gasteiger charge is -2.27. The third kappa shape index (κ3) is 16.4. The van der Waals surface area contributed by atoms with Crippen molar-refractivity contribution in [3.05, 3.63) is 0 Å². The Morgan fingerprint density at radius 3 is 1.70 bits per heavy atom. The van der Waals surface area contributed by atoms with Gasteiger partial charge in [-0.3, -0.25) is 9.59 Å². The quantitative estimate of drug-likeness (QED) is 0.129. The maximum atomic E-state index is 12.4. The van der Waals surface area contributed by atoms with Gasteiger partial charge in [0.1, 0.15) is 12.2 Å². The Morgan fingerprint density at radius 1 is 0.757 bits per heavy atom. The largest absolute Gasteiger partial charge is 0.457 e. The van der Waals surface area contributed by atoms with E-state index in [1.54, 1.807) is 0 Å². The van der Waals surface area contributed by atoms with Crippen LogP contribution in [0.5, 0.6) is 0 Å². The van der Waals surface area contributed by atoms with E-state index < -0.39 is 43.0 Å². The summed E-state index contributed by atoms with van der Waals surface area (Å²) in [6.45, 7) is 8.49. The van der Waals surface area contributed by atoms with E-state index in [0.29, 0.717) is 0 Å². The SMILES string of the molecule is CC(C)CCCCCCCCC(=O)O[C@H]1[C@@H]([C@@H](CO)OC(=O)CCCCCCCCC(C)C)OC[C@@H]1O. The molecule has 37 heavy (non-hydrogen) atoms. The highest BCUT2D eigenvalue weighted by Crippen LogP contribution is 2.24. The highest BCUT2D eigenvalue weighted by Gasteiger charge is 2.45. The molecular weight excluding hydrogens is 472 g/mol. The second-order valence-corrected chi connectivity index (χ2v) is 11.6. The van der Waals surface area contributed by atoms with E-state index >= 15 is 0 Å². The number of unbranched alkanes of at least 4 members (excludes halogenated alkanes) is 10. The van der Waals surface area contributed by atoms with Crippen LogP contribution in [0.1, 0.15) is 130 Å². The number of ether oxygens (including phenoxy) is 3. The molecule has 0 aromatic rings. The summed E-state index contributed by atoms with van der Waals surface area (Å²) in [5.74, 6) is 0.709. The molecule has 7 nitrogen and oxygen atoms in total. The van der Waals surface area contributed by atoms with Crippen LogP contribution < -0.4 is 0 Å². The molecule has 1 aliphatic heterocycles. The molecule has 0 unspecified atom stereocenters. The second kappa shape index (κ2) is 20.7. The van der Waals surface area contributed by atoms with Crippen molar-refractivity contribution in [1.29, 1.82) is 0 Å². The Bertz CT molecular complexity index is 592. The minimum atomic E-state index is -1.00. The molecule has 1 rings (SSSR count). The Kier molecular flexibility index (Phi) is 19.0. The molecular formula is C30H56O7. The molecule has 218 valence electrons. The van der Waals surface area contributed by atoms with Gasteiger partial charge >= 0.3 is 11.9 Å². The molecule has 4 atom stereocenters. The van der Waals surface area contributed by atoms with Gasteiger partial charge in [0.25, 0.3) is 0 Å². The van der Waals surface area contributed by atoms with E-state index in [1.807, 2.05) is 0 Å². The Hall–Kier alpha value is -1.18. The Morgan fingerprint density at radius 2 is 1.22 bits per heavy atom. The van der Waals surface area contributed by atoms with Crippen LogP contribution in [0, 0.1) is 11.8 Å². The fourth-order valence-electron chi connectivity index (χ4n) is 4.79. The van der Waals surface area contributed by atoms with Crippen molar-refractivity contribution in [1.82, 2.24) is 0 Å². The third-order valence-electron chi connectivity index (χ3n) is 7.08. The van der Waals surface area contributed by atoms with E-state index in [-0.39, 0.29) is 19.4 Å². The molecule has 0 amide bonds. The van der Waals surface area contributed by atoms with Crippen LogP contribution in [0.15, 0.2) is 0 Å². The molecule has 0 aromatic heterocycles. The van der Waals surface area contributed by atoms with Gasteiger partial charge in [-0.25, -0.2) is 0 Å². The molecule has 2 N–H and O–H groups in total. The number of hydrogen-bond donors (Lipinski definition) is 2. The molecule has 1 heterocycles. The normalized spacial score (nSPS) is 20.5. The van der Waals surface area contributed by atoms with Gasteiger partial charge in [-0.1, -0.05) is 105 Å². The number of carbonyl (C=O) groups excluding carboxylic acids is 2. The fourth-order valence-corrected chi connectivity index (χ4v) is 4.79. The van der Waals surface area contributed by atoms with Crippen molar-refractivity contribution in [3.8, 4) is 0 Å². The van der Waals surface area contributed by atoms with Crippen molar-refractivity contribution in [3.63, 3.8) is 0 Å². The van der Waals surface area contributed by atoms with Crippen LogP contribution in [-0.2, 0) is 23.8 Å². The van der Waals surface area contributed by atoms with Crippen molar-refractivity contribution >= 4 is 11.9 Å². The van der Waals surface area contributed by atoms with Gasteiger partial charge in [0, 0.05) is 12.8 Å². The number of aliphatic hydroxyl groups is 2. The Balaban J connectivity index is 2.27. The van der Waals surface area contributed by atoms with E-state index in [1.165, 1.54) is 51.4 Å². The first-order valence-corrected chi connectivity index (χ1v) is 15.0. The first-order valence-electron chi connectivity index (χ1n) is 15.0. The molecule has 1 aliphatic rings. The average molecular weight is 529 g/mol. The number of carbonyl (C=O) groups is 2. The zero-order chi connectivity index (χ0) is 27.5. The predicted molar refractivity (Wildman–Crippen MR) is 146 cm³/mol. The van der Waals surface area contributed by atoms with Crippen molar-refractivity contribution < 1.29 is 34.0 Å². The molecule has 1 saturated heterocycles. The summed E-state index contributed by atoms with van der Waals surface area (Å²) in [5.41, 5.74) is 0. The average Bonchev–Trinajstić information content (AvgIpc) is 3.20. The van der Waals surface area contributed by atoms with Gasteiger partial charge in [0.15, 0.2) is 12.2 Å². The van der Waals surface area contributed by atoms with Crippen molar-refractivity contribution in [2.24, 2.45) is 11.8 Å². The van der Waals surface area contributed by atoms with E-state index in [9.17, 15) is 19.8 Å². The minimum absolute atomic E-state index is 0.0240. The zero-order valence-corrected chi connectivity index (χ0v) is 24.1. The molecule has 7 heteroatoms. The lowest BCUT2D eigenvalue weighted by Crippen LogP contribution is -2.45. The van der Waals surface area contributed by atoms with Gasteiger partial charge in [-0.15, -0.1) is 0 Å². The maximum absolute atomic E-state index is 12.4. The first-order chi connectivity index (χ1) is 17.7. The van der Waals surface area contributed by atoms with Gasteiger partial charge in [0.05, 0.1) is 13.2 Å². The fraction of sp³-hybridized carbons (Fsp3) is 0.933. The topological polar surface area (TPSA) is 102 Å². The molecule has 0 bridgehead atoms. The summed E-state index contributed by atoms with van der Waals surface area (Å²) in [6.07, 6.45) is 12.3. The third-order valence-corrected chi connectivity index (χ3v) is 7.08. The molecule has 1 fully saturated rings. The Labute approximate surface area is 226 Å². The molecule has 0 spiro atoms. The van der Waals surface area contributed by atoms with Crippen LogP contribution in [-0.4, -0.2) is 59.8 Å². The molecule has 0 radical (unpaired) electrons. The zero-order valence-electron chi connectivity index (χ0n) is 24.1. The summed E-state index contributed by atoms with van der Waals surface area (Å²) >= 11 is 0. The van der Waals surface area contributed by atoms with E-state index in [2.05, 4.69) is 27.7 Å². The van der Waals surface area contributed by atoms with Crippen LogP contribution in [0.2, 0.25) is 0 Å². The lowest BCUT2D eigenvalue weighted by molar-refractivity contribution is -0.171. The van der Waals surface area contributed by atoms with Crippen LogP contribution in [0.4, 0.5) is 0 Å². The van der Waals surface area contributed by atoms with Crippen molar-refractivity contribution in [2.45, 2.75) is 155 Å². The van der Waals surface area contributed by atoms with Crippen LogP contribution in [0.25, 0.3) is 0 Å². The first kappa shape index (κ1) is 33.8. The predicted octanol–water partition coefficient (Wildman–Crippen LogP) is 6.12. The van der Waals surface area contributed by atoms with E-state index in [0.717, 1.165) is 50.4 Å². The van der Waals surface area contributed by atoms with Gasteiger partial charge < -0.3 is 24.4 Å². The van der Waals surface area contributed by atoms with Crippen molar-refractivity contribution in [2.75, 3.05) is 13.2 Å². The van der Waals surface area contributed by atoms with Gasteiger partial charge in [-0.05, 0) is 24.7 Å². The number of rotatable bonds is 22.